The molecular weight excluding hydrogens is 257 g/mol. The minimum absolute atomic E-state index is 0.173. The molecule has 0 aromatic heterocycles. The molecule has 1 aromatic carbocycles. The van der Waals surface area contributed by atoms with E-state index in [4.69, 9.17) is 28.9 Å². The third-order valence-electron chi connectivity index (χ3n) is 2.83. The van der Waals surface area contributed by atoms with Crippen LogP contribution in [0.5, 0.6) is 0 Å². The maximum atomic E-state index is 11.8. The van der Waals surface area contributed by atoms with Crippen molar-refractivity contribution in [2.24, 2.45) is 11.7 Å². The Morgan fingerprint density at radius 1 is 1.41 bits per heavy atom. The van der Waals surface area contributed by atoms with Gasteiger partial charge in [0.1, 0.15) is 5.78 Å². The van der Waals surface area contributed by atoms with Crippen molar-refractivity contribution >= 4 is 29.0 Å². The summed E-state index contributed by atoms with van der Waals surface area (Å²) in [4.78, 5) is 11.8. The first kappa shape index (κ1) is 14.5. The number of halogens is 2. The number of rotatable bonds is 6. The van der Waals surface area contributed by atoms with Crippen LogP contribution in [-0.4, -0.2) is 12.3 Å². The highest BCUT2D eigenvalue weighted by molar-refractivity contribution is 6.35. The third kappa shape index (κ3) is 4.66. The molecule has 0 aliphatic carbocycles. The fourth-order valence-electron chi connectivity index (χ4n) is 1.67. The second-order valence-electron chi connectivity index (χ2n) is 4.17. The molecule has 1 rings (SSSR count). The fourth-order valence-corrected chi connectivity index (χ4v) is 2.14. The maximum absolute atomic E-state index is 11.8. The van der Waals surface area contributed by atoms with Gasteiger partial charge >= 0.3 is 0 Å². The minimum atomic E-state index is 0.173. The van der Waals surface area contributed by atoms with Crippen LogP contribution in [0.3, 0.4) is 0 Å². The maximum Gasteiger partial charge on any atom is 0.137 e. The van der Waals surface area contributed by atoms with Gasteiger partial charge in [0.2, 0.25) is 0 Å². The number of ketones is 1. The topological polar surface area (TPSA) is 43.1 Å². The second kappa shape index (κ2) is 7.00. The summed E-state index contributed by atoms with van der Waals surface area (Å²) in [5, 5.41) is 1.13. The van der Waals surface area contributed by atoms with E-state index in [0.29, 0.717) is 29.4 Å². The first-order chi connectivity index (χ1) is 8.06. The first-order valence-electron chi connectivity index (χ1n) is 5.72. The van der Waals surface area contributed by atoms with Gasteiger partial charge in [0.25, 0.3) is 0 Å². The zero-order valence-electron chi connectivity index (χ0n) is 9.88. The van der Waals surface area contributed by atoms with Gasteiger partial charge in [-0.25, -0.2) is 0 Å². The van der Waals surface area contributed by atoms with Crippen molar-refractivity contribution in [3.05, 3.63) is 33.8 Å². The van der Waals surface area contributed by atoms with E-state index in [1.54, 1.807) is 18.2 Å². The van der Waals surface area contributed by atoms with Crippen molar-refractivity contribution in [3.8, 4) is 0 Å². The molecule has 0 spiro atoms. The van der Waals surface area contributed by atoms with Crippen LogP contribution in [0.15, 0.2) is 18.2 Å². The number of hydrogen-bond acceptors (Lipinski definition) is 2. The average molecular weight is 274 g/mol. The van der Waals surface area contributed by atoms with Crippen LogP contribution in [0.2, 0.25) is 10.0 Å². The molecule has 0 aliphatic rings. The van der Waals surface area contributed by atoms with Crippen LogP contribution in [0.25, 0.3) is 0 Å². The number of carbonyl (C=O) groups is 1. The van der Waals surface area contributed by atoms with E-state index in [1.165, 1.54) is 0 Å². The van der Waals surface area contributed by atoms with Crippen molar-refractivity contribution < 1.29 is 4.79 Å². The standard InChI is InChI=1S/C13H17Cl2NO/c1-2-9(8-16)5-12(17)6-10-3-4-11(14)7-13(10)15/h3-4,7,9H,2,5-6,8,16H2,1H3. The van der Waals surface area contributed by atoms with E-state index in [-0.39, 0.29) is 11.7 Å². The normalized spacial score (nSPS) is 12.5. The molecule has 94 valence electrons. The predicted octanol–water partition coefficient (Wildman–Crippen LogP) is 3.48. The molecule has 1 aromatic rings. The highest BCUT2D eigenvalue weighted by Crippen LogP contribution is 2.22. The Balaban J connectivity index is 2.62. The largest absolute Gasteiger partial charge is 0.330 e. The lowest BCUT2D eigenvalue weighted by Gasteiger charge is -2.11. The molecule has 1 atom stereocenters. The Hall–Kier alpha value is -0.570. The molecule has 0 heterocycles. The highest BCUT2D eigenvalue weighted by Gasteiger charge is 2.12. The van der Waals surface area contributed by atoms with Crippen LogP contribution in [0.4, 0.5) is 0 Å². The van der Waals surface area contributed by atoms with E-state index < -0.39 is 0 Å². The van der Waals surface area contributed by atoms with Gasteiger partial charge in [-0.3, -0.25) is 4.79 Å². The van der Waals surface area contributed by atoms with Crippen molar-refractivity contribution in [1.82, 2.24) is 0 Å². The van der Waals surface area contributed by atoms with Crippen molar-refractivity contribution in [1.29, 1.82) is 0 Å². The van der Waals surface area contributed by atoms with E-state index in [0.717, 1.165) is 12.0 Å². The summed E-state index contributed by atoms with van der Waals surface area (Å²) < 4.78 is 0. The van der Waals surface area contributed by atoms with Crippen molar-refractivity contribution in [2.45, 2.75) is 26.2 Å². The summed E-state index contributed by atoms with van der Waals surface area (Å²) in [5.74, 6) is 0.445. The summed E-state index contributed by atoms with van der Waals surface area (Å²) in [6.45, 7) is 2.59. The zero-order chi connectivity index (χ0) is 12.8. The molecule has 4 heteroatoms. The number of Topliss-reactive ketones (excluding diaryl/α,β-unsaturated/α-hetero) is 1. The van der Waals surface area contributed by atoms with E-state index >= 15 is 0 Å². The number of carbonyl (C=O) groups excluding carboxylic acids is 1. The number of benzene rings is 1. The Morgan fingerprint density at radius 2 is 2.12 bits per heavy atom. The van der Waals surface area contributed by atoms with E-state index in [1.807, 2.05) is 6.92 Å². The quantitative estimate of drug-likeness (QED) is 0.863. The van der Waals surface area contributed by atoms with Gasteiger partial charge in [0.15, 0.2) is 0 Å². The lowest BCUT2D eigenvalue weighted by atomic mass is 9.96. The molecule has 0 fully saturated rings. The van der Waals surface area contributed by atoms with Gasteiger partial charge in [-0.05, 0) is 30.2 Å². The summed E-state index contributed by atoms with van der Waals surface area (Å²) >= 11 is 11.8. The van der Waals surface area contributed by atoms with Crippen LogP contribution in [0.1, 0.15) is 25.3 Å². The van der Waals surface area contributed by atoms with Crippen LogP contribution in [0, 0.1) is 5.92 Å². The molecule has 0 bridgehead atoms. The summed E-state index contributed by atoms with van der Waals surface area (Å²) in [6, 6.07) is 5.20. The summed E-state index contributed by atoms with van der Waals surface area (Å²) in [7, 11) is 0. The average Bonchev–Trinajstić information content (AvgIpc) is 2.29. The first-order valence-corrected chi connectivity index (χ1v) is 6.48. The zero-order valence-corrected chi connectivity index (χ0v) is 11.4. The summed E-state index contributed by atoms with van der Waals surface area (Å²) in [5.41, 5.74) is 6.41. The van der Waals surface area contributed by atoms with Crippen molar-refractivity contribution in [2.75, 3.05) is 6.54 Å². The summed E-state index contributed by atoms with van der Waals surface area (Å²) in [6.07, 6.45) is 1.80. The van der Waals surface area contributed by atoms with Gasteiger partial charge in [-0.2, -0.15) is 0 Å². The van der Waals surface area contributed by atoms with Gasteiger partial charge in [-0.1, -0.05) is 42.6 Å². The molecule has 0 saturated carbocycles. The predicted molar refractivity (Wildman–Crippen MR) is 72.6 cm³/mol. The fraction of sp³-hybridized carbons (Fsp3) is 0.462. The second-order valence-corrected chi connectivity index (χ2v) is 5.01. The third-order valence-corrected chi connectivity index (χ3v) is 3.42. The monoisotopic (exact) mass is 273 g/mol. The Kier molecular flexibility index (Phi) is 5.96. The van der Waals surface area contributed by atoms with Crippen molar-refractivity contribution in [3.63, 3.8) is 0 Å². The molecule has 2 nitrogen and oxygen atoms in total. The van der Waals surface area contributed by atoms with Crippen LogP contribution in [-0.2, 0) is 11.2 Å². The minimum Gasteiger partial charge on any atom is -0.330 e. The van der Waals surface area contributed by atoms with E-state index in [2.05, 4.69) is 0 Å². The molecule has 17 heavy (non-hydrogen) atoms. The lowest BCUT2D eigenvalue weighted by Crippen LogP contribution is -2.18. The lowest BCUT2D eigenvalue weighted by molar-refractivity contribution is -0.119. The van der Waals surface area contributed by atoms with Crippen LogP contribution < -0.4 is 5.73 Å². The van der Waals surface area contributed by atoms with Crippen LogP contribution >= 0.6 is 23.2 Å². The SMILES string of the molecule is CCC(CN)CC(=O)Cc1ccc(Cl)cc1Cl. The van der Waals surface area contributed by atoms with Gasteiger partial charge in [0.05, 0.1) is 0 Å². The van der Waals surface area contributed by atoms with Gasteiger partial charge < -0.3 is 5.73 Å². The highest BCUT2D eigenvalue weighted by atomic mass is 35.5. The molecule has 1 unspecified atom stereocenters. The van der Waals surface area contributed by atoms with Gasteiger partial charge in [-0.15, -0.1) is 0 Å². The number of nitrogens with two attached hydrogens (primary N) is 1. The molecular formula is C13H17Cl2NO. The Labute approximate surface area is 112 Å². The van der Waals surface area contributed by atoms with Gasteiger partial charge in [0, 0.05) is 22.9 Å². The molecule has 0 aliphatic heterocycles. The molecule has 0 amide bonds. The molecule has 0 radical (unpaired) electrons. The molecule has 2 N–H and O–H groups in total. The smallest absolute Gasteiger partial charge is 0.137 e. The Bertz CT molecular complexity index is 389. The van der Waals surface area contributed by atoms with E-state index in [9.17, 15) is 4.79 Å². The Morgan fingerprint density at radius 3 is 2.65 bits per heavy atom. The molecule has 0 saturated heterocycles. The number of hydrogen-bond donors (Lipinski definition) is 1.